The van der Waals surface area contributed by atoms with Gasteiger partial charge in [-0.2, -0.15) is 0 Å². The molecule has 1 amide bonds. The maximum absolute atomic E-state index is 12.1. The monoisotopic (exact) mass is 311 g/mol. The summed E-state index contributed by atoms with van der Waals surface area (Å²) in [5.41, 5.74) is -0.425. The molecule has 1 aromatic heterocycles. The normalized spacial score (nSPS) is 20.1. The van der Waals surface area contributed by atoms with Gasteiger partial charge >= 0.3 is 6.09 Å². The average molecular weight is 311 g/mol. The van der Waals surface area contributed by atoms with E-state index in [2.05, 4.69) is 10.3 Å². The molecule has 5 nitrogen and oxygen atoms in total. The highest BCUT2D eigenvalue weighted by Gasteiger charge is 2.25. The Hall–Kier alpha value is -1.14. The molecule has 2 rings (SSSR count). The largest absolute Gasteiger partial charge is 0.444 e. The summed E-state index contributed by atoms with van der Waals surface area (Å²) in [7, 11) is 0. The van der Waals surface area contributed by atoms with Crippen LogP contribution in [0.3, 0.4) is 0 Å². The predicted octanol–water partition coefficient (Wildman–Crippen LogP) is 3.02. The zero-order valence-corrected chi connectivity index (χ0v) is 13.9. The van der Waals surface area contributed by atoms with Gasteiger partial charge in [0.2, 0.25) is 0 Å². The van der Waals surface area contributed by atoms with E-state index in [-0.39, 0.29) is 6.09 Å². The minimum Gasteiger partial charge on any atom is -0.444 e. The number of thiazole rings is 1. The Kier molecular flexibility index (Phi) is 5.58. The number of amides is 1. The number of ether oxygens (including phenoxy) is 1. The van der Waals surface area contributed by atoms with Crippen molar-refractivity contribution in [2.45, 2.75) is 58.2 Å². The third kappa shape index (κ3) is 5.63. The highest BCUT2D eigenvalue weighted by atomic mass is 32.1. The van der Waals surface area contributed by atoms with Crippen LogP contribution in [0.1, 0.15) is 45.0 Å². The van der Waals surface area contributed by atoms with Gasteiger partial charge in [0.15, 0.2) is 0 Å². The molecule has 118 valence electrons. The second-order valence-corrected chi connectivity index (χ2v) is 7.38. The van der Waals surface area contributed by atoms with Crippen molar-refractivity contribution in [1.29, 1.82) is 0 Å². The Morgan fingerprint density at radius 2 is 2.29 bits per heavy atom. The Morgan fingerprint density at radius 3 is 2.95 bits per heavy atom. The summed E-state index contributed by atoms with van der Waals surface area (Å²) in [4.78, 5) is 18.2. The first-order chi connectivity index (χ1) is 9.94. The molecule has 21 heavy (non-hydrogen) atoms. The van der Waals surface area contributed by atoms with Gasteiger partial charge < -0.3 is 15.0 Å². The van der Waals surface area contributed by atoms with E-state index in [1.807, 2.05) is 37.2 Å². The van der Waals surface area contributed by atoms with E-state index < -0.39 is 5.60 Å². The quantitative estimate of drug-likeness (QED) is 0.932. The fourth-order valence-corrected chi connectivity index (χ4v) is 2.95. The minimum atomic E-state index is -0.425. The van der Waals surface area contributed by atoms with Gasteiger partial charge in [-0.3, -0.25) is 0 Å². The molecular formula is C15H25N3O2S. The van der Waals surface area contributed by atoms with Gasteiger partial charge in [0, 0.05) is 37.3 Å². The van der Waals surface area contributed by atoms with Crippen molar-refractivity contribution in [2.75, 3.05) is 13.1 Å². The first kappa shape index (κ1) is 16.2. The Morgan fingerprint density at radius 1 is 1.48 bits per heavy atom. The summed E-state index contributed by atoms with van der Waals surface area (Å²) >= 11 is 1.67. The number of nitrogens with one attached hydrogen (secondary N) is 1. The number of hydrogen-bond acceptors (Lipinski definition) is 5. The van der Waals surface area contributed by atoms with Crippen molar-refractivity contribution in [2.24, 2.45) is 0 Å². The van der Waals surface area contributed by atoms with Gasteiger partial charge in [-0.15, -0.1) is 11.3 Å². The lowest BCUT2D eigenvalue weighted by molar-refractivity contribution is 0.0256. The number of hydrogen-bond donors (Lipinski definition) is 1. The maximum Gasteiger partial charge on any atom is 0.410 e. The molecule has 1 aromatic rings. The molecule has 0 aromatic carbocycles. The molecule has 1 N–H and O–H groups in total. The number of aromatic nitrogens is 1. The van der Waals surface area contributed by atoms with E-state index in [1.165, 1.54) is 0 Å². The molecule has 0 spiro atoms. The molecule has 1 saturated heterocycles. The molecule has 2 heterocycles. The lowest BCUT2D eigenvalue weighted by Crippen LogP contribution is -2.38. The molecular weight excluding hydrogens is 286 g/mol. The molecule has 1 fully saturated rings. The van der Waals surface area contributed by atoms with Crippen molar-refractivity contribution in [3.05, 3.63) is 16.6 Å². The zero-order valence-electron chi connectivity index (χ0n) is 13.1. The van der Waals surface area contributed by atoms with E-state index >= 15 is 0 Å². The van der Waals surface area contributed by atoms with E-state index in [1.54, 1.807) is 11.3 Å². The van der Waals surface area contributed by atoms with Gasteiger partial charge in [0.1, 0.15) is 10.6 Å². The zero-order chi connectivity index (χ0) is 15.3. The van der Waals surface area contributed by atoms with Gasteiger partial charge in [0.05, 0.1) is 0 Å². The number of carbonyl (C=O) groups excluding carboxylic acids is 1. The van der Waals surface area contributed by atoms with Crippen LogP contribution in [0.2, 0.25) is 0 Å². The van der Waals surface area contributed by atoms with Gasteiger partial charge in [-0.25, -0.2) is 9.78 Å². The van der Waals surface area contributed by atoms with Crippen LogP contribution in [-0.4, -0.2) is 40.7 Å². The van der Waals surface area contributed by atoms with Crippen molar-refractivity contribution in [3.63, 3.8) is 0 Å². The molecule has 1 aliphatic rings. The summed E-state index contributed by atoms with van der Waals surface area (Å²) in [6.45, 7) is 8.06. The molecule has 1 atom stereocenters. The number of nitrogens with zero attached hydrogens (tertiary/aromatic N) is 2. The van der Waals surface area contributed by atoms with Crippen molar-refractivity contribution < 1.29 is 9.53 Å². The van der Waals surface area contributed by atoms with Crippen molar-refractivity contribution in [3.8, 4) is 0 Å². The van der Waals surface area contributed by atoms with E-state index in [0.717, 1.165) is 43.9 Å². The average Bonchev–Trinajstić information content (AvgIpc) is 2.78. The minimum absolute atomic E-state index is 0.192. The second-order valence-electron chi connectivity index (χ2n) is 6.40. The first-order valence-electron chi connectivity index (χ1n) is 7.54. The van der Waals surface area contributed by atoms with Crippen LogP contribution in [0.4, 0.5) is 4.79 Å². The summed E-state index contributed by atoms with van der Waals surface area (Å²) < 4.78 is 5.45. The van der Waals surface area contributed by atoms with Crippen molar-refractivity contribution >= 4 is 17.4 Å². The van der Waals surface area contributed by atoms with Crippen LogP contribution < -0.4 is 5.32 Å². The maximum atomic E-state index is 12.1. The molecule has 6 heteroatoms. The fourth-order valence-electron chi connectivity index (χ4n) is 2.38. The molecule has 0 bridgehead atoms. The van der Waals surface area contributed by atoms with E-state index in [0.29, 0.717) is 6.04 Å². The summed E-state index contributed by atoms with van der Waals surface area (Å²) in [6, 6.07) is 0.446. The topological polar surface area (TPSA) is 54.5 Å². The third-order valence-electron chi connectivity index (χ3n) is 3.41. The van der Waals surface area contributed by atoms with Crippen LogP contribution in [0.25, 0.3) is 0 Å². The van der Waals surface area contributed by atoms with E-state index in [4.69, 9.17) is 4.74 Å². The lowest BCUT2D eigenvalue weighted by Gasteiger charge is -2.26. The number of carbonyl (C=O) groups is 1. The highest BCUT2D eigenvalue weighted by molar-refractivity contribution is 7.09. The van der Waals surface area contributed by atoms with Gasteiger partial charge in [0.25, 0.3) is 0 Å². The third-order valence-corrected chi connectivity index (χ3v) is 4.18. The number of rotatable bonds is 3. The van der Waals surface area contributed by atoms with Gasteiger partial charge in [-0.1, -0.05) is 0 Å². The highest BCUT2D eigenvalue weighted by Crippen LogP contribution is 2.16. The Labute approximate surface area is 130 Å². The molecule has 1 unspecified atom stereocenters. The molecule has 0 radical (unpaired) electrons. The molecule has 0 aliphatic carbocycles. The van der Waals surface area contributed by atoms with Crippen LogP contribution in [-0.2, 0) is 11.3 Å². The smallest absolute Gasteiger partial charge is 0.410 e. The SMILES string of the molecule is CC(C)(C)OC(=O)N1CCCC(NCc2nccs2)CC1. The Balaban J connectivity index is 1.77. The Bertz CT molecular complexity index is 442. The second kappa shape index (κ2) is 7.22. The van der Waals surface area contributed by atoms with Gasteiger partial charge in [-0.05, 0) is 40.0 Å². The molecule has 0 saturated carbocycles. The van der Waals surface area contributed by atoms with E-state index in [9.17, 15) is 4.79 Å². The van der Waals surface area contributed by atoms with Crippen LogP contribution in [0.5, 0.6) is 0 Å². The first-order valence-corrected chi connectivity index (χ1v) is 8.42. The van der Waals surface area contributed by atoms with Crippen LogP contribution >= 0.6 is 11.3 Å². The summed E-state index contributed by atoms with van der Waals surface area (Å²) in [5, 5.41) is 6.65. The van der Waals surface area contributed by atoms with Crippen LogP contribution in [0, 0.1) is 0 Å². The summed E-state index contributed by atoms with van der Waals surface area (Å²) in [5.74, 6) is 0. The predicted molar refractivity (Wildman–Crippen MR) is 84.4 cm³/mol. The molecule has 1 aliphatic heterocycles. The summed E-state index contributed by atoms with van der Waals surface area (Å²) in [6.07, 6.45) is 4.70. The number of likely N-dealkylation sites (tertiary alicyclic amines) is 1. The van der Waals surface area contributed by atoms with Crippen molar-refractivity contribution in [1.82, 2.24) is 15.2 Å². The standard InChI is InChI=1S/C15H25N3O2S/c1-15(2,3)20-14(19)18-8-4-5-12(6-9-18)17-11-13-16-7-10-21-13/h7,10,12,17H,4-6,8-9,11H2,1-3H3. The lowest BCUT2D eigenvalue weighted by atomic mass is 10.1. The van der Waals surface area contributed by atoms with Crippen LogP contribution in [0.15, 0.2) is 11.6 Å². The fraction of sp³-hybridized carbons (Fsp3) is 0.733.